The summed E-state index contributed by atoms with van der Waals surface area (Å²) in [7, 11) is 0. The molecule has 1 aliphatic heterocycles. The van der Waals surface area contributed by atoms with Crippen LogP contribution in [0, 0.1) is 0 Å². The summed E-state index contributed by atoms with van der Waals surface area (Å²) in [6.45, 7) is 0. The molecule has 0 saturated heterocycles. The predicted molar refractivity (Wildman–Crippen MR) is 107 cm³/mol. The first-order valence-corrected chi connectivity index (χ1v) is 10.2. The second-order valence-electron chi connectivity index (χ2n) is 6.67. The number of Topliss-reactive ketones (excluding diaryl/α,β-unsaturated/α-hetero) is 1. The Balaban J connectivity index is 1.63. The molecule has 0 radical (unpaired) electrons. The maximum atomic E-state index is 13.2. The average Bonchev–Trinajstić information content (AvgIpc) is 3.33. The fourth-order valence-corrected chi connectivity index (χ4v) is 5.00. The minimum atomic E-state index is -0.356. The highest BCUT2D eigenvalue weighted by Crippen LogP contribution is 2.45. The first kappa shape index (κ1) is 17.0. The lowest BCUT2D eigenvalue weighted by atomic mass is 9.80. The number of nitrogens with zero attached hydrogens (tertiary/aromatic N) is 3. The standard InChI is InChI=1S/C19H14Cl2N4OS/c20-12-4-3-10(6-13(12)21)18-17-14(24-19-22-9-23-25(18)19)7-11(8-15(17)26)16-2-1-5-27-16/h1-6,9,11,18H,7-8H2,(H,22,23,24)/t11-,18-/m1/s1. The van der Waals surface area contributed by atoms with E-state index in [1.807, 2.05) is 17.5 Å². The maximum absolute atomic E-state index is 13.2. The summed E-state index contributed by atoms with van der Waals surface area (Å²) in [5.41, 5.74) is 2.52. The Morgan fingerprint density at radius 3 is 2.85 bits per heavy atom. The molecule has 2 aliphatic rings. The zero-order valence-corrected chi connectivity index (χ0v) is 16.4. The molecule has 1 aliphatic carbocycles. The van der Waals surface area contributed by atoms with Gasteiger partial charge in [-0.2, -0.15) is 10.1 Å². The van der Waals surface area contributed by atoms with E-state index in [1.165, 1.54) is 11.2 Å². The number of thiophene rings is 1. The number of halogens is 2. The number of hydrogen-bond acceptors (Lipinski definition) is 5. The van der Waals surface area contributed by atoms with Gasteiger partial charge in [-0.05, 0) is 35.6 Å². The molecule has 5 rings (SSSR count). The summed E-state index contributed by atoms with van der Waals surface area (Å²) in [5, 5.41) is 10.6. The van der Waals surface area contributed by atoms with Crippen LogP contribution in [-0.2, 0) is 4.79 Å². The SMILES string of the molecule is O=C1C[C@H](c2cccs2)CC2=C1[C@@H](c1ccc(Cl)c(Cl)c1)n1ncnc1N2. The number of aromatic nitrogens is 3. The number of ketones is 1. The van der Waals surface area contributed by atoms with Crippen molar-refractivity contribution in [1.29, 1.82) is 0 Å². The average molecular weight is 417 g/mol. The van der Waals surface area contributed by atoms with E-state index in [0.29, 0.717) is 22.4 Å². The first-order valence-electron chi connectivity index (χ1n) is 8.53. The molecule has 2 atom stereocenters. The number of allylic oxidation sites excluding steroid dienone is 2. The van der Waals surface area contributed by atoms with Crippen LogP contribution in [-0.4, -0.2) is 20.5 Å². The fourth-order valence-electron chi connectivity index (χ4n) is 3.87. The van der Waals surface area contributed by atoms with Crippen molar-refractivity contribution in [2.45, 2.75) is 24.8 Å². The number of carbonyl (C=O) groups is 1. The van der Waals surface area contributed by atoms with Crippen LogP contribution < -0.4 is 5.32 Å². The van der Waals surface area contributed by atoms with Gasteiger partial charge in [-0.25, -0.2) is 4.68 Å². The zero-order chi connectivity index (χ0) is 18.5. The highest BCUT2D eigenvalue weighted by molar-refractivity contribution is 7.10. The van der Waals surface area contributed by atoms with Crippen molar-refractivity contribution in [2.24, 2.45) is 0 Å². The lowest BCUT2D eigenvalue weighted by molar-refractivity contribution is -0.116. The third-order valence-corrected chi connectivity index (χ3v) is 6.84. The van der Waals surface area contributed by atoms with Gasteiger partial charge in [0.2, 0.25) is 5.95 Å². The van der Waals surface area contributed by atoms with Gasteiger partial charge < -0.3 is 5.32 Å². The molecule has 8 heteroatoms. The van der Waals surface area contributed by atoms with E-state index >= 15 is 0 Å². The Labute approximate surface area is 169 Å². The Morgan fingerprint density at radius 2 is 2.07 bits per heavy atom. The molecule has 0 amide bonds. The summed E-state index contributed by atoms with van der Waals surface area (Å²) in [6.07, 6.45) is 2.75. The van der Waals surface area contributed by atoms with E-state index in [1.54, 1.807) is 28.2 Å². The maximum Gasteiger partial charge on any atom is 0.226 e. The molecule has 0 fully saturated rings. The van der Waals surface area contributed by atoms with Crippen molar-refractivity contribution in [3.05, 3.63) is 73.8 Å². The molecule has 1 N–H and O–H groups in total. The Bertz CT molecular complexity index is 1070. The second-order valence-corrected chi connectivity index (χ2v) is 8.46. The topological polar surface area (TPSA) is 59.8 Å². The van der Waals surface area contributed by atoms with Crippen LogP contribution in [0.15, 0.2) is 53.3 Å². The van der Waals surface area contributed by atoms with Gasteiger partial charge in [-0.15, -0.1) is 11.3 Å². The summed E-state index contributed by atoms with van der Waals surface area (Å²) >= 11 is 14.0. The summed E-state index contributed by atoms with van der Waals surface area (Å²) < 4.78 is 1.74. The van der Waals surface area contributed by atoms with E-state index in [9.17, 15) is 4.79 Å². The molecule has 0 saturated carbocycles. The van der Waals surface area contributed by atoms with Crippen molar-refractivity contribution in [3.63, 3.8) is 0 Å². The van der Waals surface area contributed by atoms with E-state index in [2.05, 4.69) is 21.5 Å². The van der Waals surface area contributed by atoms with Gasteiger partial charge in [0.15, 0.2) is 5.78 Å². The summed E-state index contributed by atoms with van der Waals surface area (Å²) in [5.74, 6) is 0.941. The molecule has 3 aromatic rings. The predicted octanol–water partition coefficient (Wildman–Crippen LogP) is 5.06. The number of carbonyl (C=O) groups excluding carboxylic acids is 1. The van der Waals surface area contributed by atoms with E-state index in [-0.39, 0.29) is 17.7 Å². The highest BCUT2D eigenvalue weighted by atomic mass is 35.5. The quantitative estimate of drug-likeness (QED) is 0.633. The Kier molecular flexibility index (Phi) is 4.07. The van der Waals surface area contributed by atoms with Crippen LogP contribution in [0.2, 0.25) is 10.0 Å². The van der Waals surface area contributed by atoms with E-state index < -0.39 is 0 Å². The monoisotopic (exact) mass is 416 g/mol. The number of benzene rings is 1. The number of hydrogen-bond donors (Lipinski definition) is 1. The molecule has 3 heterocycles. The summed E-state index contributed by atoms with van der Waals surface area (Å²) in [4.78, 5) is 18.7. The molecule has 27 heavy (non-hydrogen) atoms. The Morgan fingerprint density at radius 1 is 1.19 bits per heavy atom. The van der Waals surface area contributed by atoms with Crippen molar-refractivity contribution in [2.75, 3.05) is 5.32 Å². The first-order chi connectivity index (χ1) is 13.1. The van der Waals surface area contributed by atoms with Gasteiger partial charge in [-0.1, -0.05) is 35.3 Å². The zero-order valence-electron chi connectivity index (χ0n) is 14.0. The molecule has 1 aromatic carbocycles. The van der Waals surface area contributed by atoms with Crippen molar-refractivity contribution in [3.8, 4) is 0 Å². The van der Waals surface area contributed by atoms with Gasteiger partial charge in [0, 0.05) is 28.5 Å². The van der Waals surface area contributed by atoms with Crippen molar-refractivity contribution >= 4 is 46.3 Å². The minimum Gasteiger partial charge on any atom is -0.328 e. The van der Waals surface area contributed by atoms with E-state index in [4.69, 9.17) is 23.2 Å². The molecule has 136 valence electrons. The highest BCUT2D eigenvalue weighted by Gasteiger charge is 2.39. The van der Waals surface area contributed by atoms with Crippen molar-refractivity contribution < 1.29 is 4.79 Å². The van der Waals surface area contributed by atoms with Gasteiger partial charge in [0.25, 0.3) is 0 Å². The van der Waals surface area contributed by atoms with Crippen LogP contribution >= 0.6 is 34.5 Å². The van der Waals surface area contributed by atoms with E-state index in [0.717, 1.165) is 23.3 Å². The third-order valence-electron chi connectivity index (χ3n) is 5.07. The van der Waals surface area contributed by atoms with Crippen LogP contribution in [0.25, 0.3) is 0 Å². The number of fused-ring (bicyclic) bond motifs is 1. The van der Waals surface area contributed by atoms with Gasteiger partial charge in [-0.3, -0.25) is 4.79 Å². The van der Waals surface area contributed by atoms with Gasteiger partial charge in [0.05, 0.1) is 10.0 Å². The van der Waals surface area contributed by atoms with Crippen LogP contribution in [0.3, 0.4) is 0 Å². The Hall–Kier alpha value is -2.15. The molecule has 0 unspecified atom stereocenters. The van der Waals surface area contributed by atoms with Gasteiger partial charge >= 0.3 is 0 Å². The number of anilines is 1. The molecular weight excluding hydrogens is 403 g/mol. The number of nitrogens with one attached hydrogen (secondary N) is 1. The number of rotatable bonds is 2. The van der Waals surface area contributed by atoms with Crippen molar-refractivity contribution in [1.82, 2.24) is 14.8 Å². The molecule has 0 bridgehead atoms. The minimum absolute atomic E-state index is 0.124. The lowest BCUT2D eigenvalue weighted by Gasteiger charge is -2.34. The lowest BCUT2D eigenvalue weighted by Crippen LogP contribution is -2.33. The molecular formula is C19H14Cl2N4OS. The normalized spacial score (nSPS) is 21.6. The van der Waals surface area contributed by atoms with Crippen LogP contribution in [0.1, 0.15) is 35.2 Å². The second kappa shape index (κ2) is 6.48. The molecule has 0 spiro atoms. The molecule has 5 nitrogen and oxygen atoms in total. The van der Waals surface area contributed by atoms with Crippen LogP contribution in [0.5, 0.6) is 0 Å². The smallest absolute Gasteiger partial charge is 0.226 e. The van der Waals surface area contributed by atoms with Gasteiger partial charge in [0.1, 0.15) is 12.4 Å². The summed E-state index contributed by atoms with van der Waals surface area (Å²) in [6, 6.07) is 9.20. The fraction of sp³-hybridized carbons (Fsp3) is 0.211. The largest absolute Gasteiger partial charge is 0.328 e. The third kappa shape index (κ3) is 2.79. The molecule has 2 aromatic heterocycles. The van der Waals surface area contributed by atoms with Crippen LogP contribution in [0.4, 0.5) is 5.95 Å².